The van der Waals surface area contributed by atoms with E-state index in [4.69, 9.17) is 10.5 Å². The van der Waals surface area contributed by atoms with Crippen molar-refractivity contribution in [2.75, 3.05) is 31.6 Å². The number of ether oxygens (including phenoxy) is 1. The highest BCUT2D eigenvalue weighted by atomic mass is 32.2. The number of hydrogen-bond donors (Lipinski definition) is 2. The molecule has 4 rings (SSSR count). The van der Waals surface area contributed by atoms with Crippen molar-refractivity contribution in [2.24, 2.45) is 5.73 Å². The lowest BCUT2D eigenvalue weighted by Crippen LogP contribution is -2.64. The highest BCUT2D eigenvalue weighted by Crippen LogP contribution is 2.37. The molecule has 0 bridgehead atoms. The van der Waals surface area contributed by atoms with Crippen LogP contribution in [0.2, 0.25) is 0 Å². The van der Waals surface area contributed by atoms with Crippen LogP contribution in [0.25, 0.3) is 11.3 Å². The minimum atomic E-state index is -4.54. The number of anilines is 1. The van der Waals surface area contributed by atoms with Gasteiger partial charge in [-0.15, -0.1) is 0 Å². The molecule has 1 aliphatic rings. The number of nitrogens with zero attached hydrogens (tertiary/aromatic N) is 5. The van der Waals surface area contributed by atoms with Crippen LogP contribution >= 0.6 is 11.8 Å². The molecule has 0 aliphatic carbocycles. The van der Waals surface area contributed by atoms with Crippen molar-refractivity contribution in [2.45, 2.75) is 28.1 Å². The summed E-state index contributed by atoms with van der Waals surface area (Å²) in [5.74, 6) is 0.587. The lowest BCUT2D eigenvalue weighted by Gasteiger charge is -2.48. The number of nitrogens with one attached hydrogen (secondary N) is 1. The Hall–Kier alpha value is -2.44. The molecular weight excluding hydrogens is 407 g/mol. The molecule has 3 N–H and O–H groups in total. The third-order valence-electron chi connectivity index (χ3n) is 4.72. The third-order valence-corrected chi connectivity index (χ3v) is 5.67. The molecule has 0 spiro atoms. The van der Waals surface area contributed by atoms with Crippen LogP contribution in [0, 0.1) is 0 Å². The Balaban J connectivity index is 1.55. The zero-order valence-corrected chi connectivity index (χ0v) is 16.2. The number of aromatic nitrogens is 5. The number of aromatic amines is 1. The minimum absolute atomic E-state index is 0.0391. The molecule has 4 heterocycles. The average Bonchev–Trinajstić information content (AvgIpc) is 3.07. The fraction of sp³-hybridized carbons (Fsp3) is 0.412. The quantitative estimate of drug-likeness (QED) is 0.621. The van der Waals surface area contributed by atoms with Crippen molar-refractivity contribution < 1.29 is 17.9 Å². The van der Waals surface area contributed by atoms with Gasteiger partial charge in [-0.3, -0.25) is 4.98 Å². The van der Waals surface area contributed by atoms with Gasteiger partial charge in [0.15, 0.2) is 17.0 Å². The van der Waals surface area contributed by atoms with E-state index in [-0.39, 0.29) is 10.5 Å². The summed E-state index contributed by atoms with van der Waals surface area (Å²) >= 11 is 0.852. The van der Waals surface area contributed by atoms with Crippen LogP contribution in [0.4, 0.5) is 19.1 Å². The number of halogens is 3. The molecule has 0 aromatic carbocycles. The van der Waals surface area contributed by atoms with Crippen LogP contribution in [0.1, 0.15) is 12.1 Å². The van der Waals surface area contributed by atoms with Gasteiger partial charge >= 0.3 is 6.18 Å². The monoisotopic (exact) mass is 425 g/mol. The molecule has 0 unspecified atom stereocenters. The van der Waals surface area contributed by atoms with E-state index in [0.717, 1.165) is 24.4 Å². The maximum Gasteiger partial charge on any atom is 0.434 e. The van der Waals surface area contributed by atoms with Crippen molar-refractivity contribution in [1.82, 2.24) is 24.9 Å². The van der Waals surface area contributed by atoms with Crippen molar-refractivity contribution in [3.8, 4) is 0 Å². The summed E-state index contributed by atoms with van der Waals surface area (Å²) in [5, 5.41) is 0.309. The Kier molecular flexibility index (Phi) is 5.09. The Morgan fingerprint density at radius 3 is 2.79 bits per heavy atom. The van der Waals surface area contributed by atoms with Crippen molar-refractivity contribution in [1.29, 1.82) is 0 Å². The number of rotatable bonds is 6. The first-order valence-electron chi connectivity index (χ1n) is 8.76. The second kappa shape index (κ2) is 7.43. The van der Waals surface area contributed by atoms with Gasteiger partial charge in [0.25, 0.3) is 0 Å². The predicted octanol–water partition coefficient (Wildman–Crippen LogP) is 2.47. The molecule has 1 saturated heterocycles. The molecule has 0 atom stereocenters. The second-order valence-corrected chi connectivity index (χ2v) is 7.73. The zero-order chi connectivity index (χ0) is 20.6. The van der Waals surface area contributed by atoms with Crippen molar-refractivity contribution >= 4 is 29.0 Å². The molecular formula is C17H18F3N7OS. The Morgan fingerprint density at radius 2 is 2.10 bits per heavy atom. The largest absolute Gasteiger partial charge is 0.434 e. The minimum Gasteiger partial charge on any atom is -0.374 e. The first-order valence-corrected chi connectivity index (χ1v) is 9.58. The van der Waals surface area contributed by atoms with Gasteiger partial charge in [0.05, 0.1) is 19.3 Å². The molecule has 1 aliphatic heterocycles. The molecule has 3 aromatic heterocycles. The van der Waals surface area contributed by atoms with E-state index in [1.165, 1.54) is 18.3 Å². The summed E-state index contributed by atoms with van der Waals surface area (Å²) in [4.78, 5) is 21.5. The molecule has 8 nitrogen and oxygen atoms in total. The van der Waals surface area contributed by atoms with Crippen LogP contribution in [0.3, 0.4) is 0 Å². The van der Waals surface area contributed by atoms with Gasteiger partial charge in [-0.1, -0.05) is 11.8 Å². The molecule has 0 radical (unpaired) electrons. The first kappa shape index (κ1) is 19.9. The summed E-state index contributed by atoms with van der Waals surface area (Å²) in [5.41, 5.74) is 5.19. The maximum atomic E-state index is 13.1. The average molecular weight is 425 g/mol. The predicted molar refractivity (Wildman–Crippen MR) is 101 cm³/mol. The summed E-state index contributed by atoms with van der Waals surface area (Å²) in [7, 11) is 1.66. The van der Waals surface area contributed by atoms with Gasteiger partial charge in [-0.2, -0.15) is 18.2 Å². The summed E-state index contributed by atoms with van der Waals surface area (Å²) in [6.45, 7) is 1.79. The number of fused-ring (bicyclic) bond motifs is 1. The number of nitrogens with two attached hydrogens (primary N) is 1. The van der Waals surface area contributed by atoms with Gasteiger partial charge in [-0.25, -0.2) is 9.97 Å². The Labute approximate surface area is 168 Å². The van der Waals surface area contributed by atoms with Gasteiger partial charge in [0.2, 0.25) is 5.95 Å². The van der Waals surface area contributed by atoms with Crippen LogP contribution in [0.15, 0.2) is 34.4 Å². The molecule has 12 heteroatoms. The lowest BCUT2D eigenvalue weighted by atomic mass is 9.90. The second-order valence-electron chi connectivity index (χ2n) is 6.67. The van der Waals surface area contributed by atoms with Gasteiger partial charge in [-0.05, 0) is 25.1 Å². The fourth-order valence-electron chi connectivity index (χ4n) is 3.22. The van der Waals surface area contributed by atoms with Crippen LogP contribution < -0.4 is 10.6 Å². The Bertz CT molecular complexity index is 1020. The number of hydrogen-bond acceptors (Lipinski definition) is 8. The summed E-state index contributed by atoms with van der Waals surface area (Å²) in [6.07, 6.45) is -1.29. The van der Waals surface area contributed by atoms with E-state index >= 15 is 0 Å². The standard InChI is InChI=1S/C17H18F3N7OS/c1-28-16(4-5-21)8-27(9-16)15-25-13-14(26-15)24-11(7-23-13)29-10-3-2-6-22-12(10)17(18,19)20/h2-3,6-7H,4-5,8-9,21H2,1H3,(H,23,24,25,26). The van der Waals surface area contributed by atoms with Crippen LogP contribution in [-0.2, 0) is 10.9 Å². The smallest absolute Gasteiger partial charge is 0.374 e. The zero-order valence-electron chi connectivity index (χ0n) is 15.4. The normalized spacial score (nSPS) is 16.2. The van der Waals surface area contributed by atoms with E-state index in [0.29, 0.717) is 41.9 Å². The topological polar surface area (TPSA) is 106 Å². The number of imidazole rings is 1. The lowest BCUT2D eigenvalue weighted by molar-refractivity contribution is -0.143. The molecule has 3 aromatic rings. The number of methoxy groups -OCH3 is 1. The summed E-state index contributed by atoms with van der Waals surface area (Å²) < 4.78 is 45.0. The van der Waals surface area contributed by atoms with E-state index < -0.39 is 11.9 Å². The summed E-state index contributed by atoms with van der Waals surface area (Å²) in [6, 6.07) is 2.80. The van der Waals surface area contributed by atoms with Crippen LogP contribution in [-0.4, -0.2) is 57.3 Å². The third kappa shape index (κ3) is 3.87. The van der Waals surface area contributed by atoms with E-state index in [9.17, 15) is 13.2 Å². The molecule has 0 amide bonds. The molecule has 29 heavy (non-hydrogen) atoms. The highest BCUT2D eigenvalue weighted by Gasteiger charge is 2.44. The van der Waals surface area contributed by atoms with E-state index in [1.807, 2.05) is 4.90 Å². The van der Waals surface area contributed by atoms with Gasteiger partial charge in [0.1, 0.15) is 10.6 Å². The number of alkyl halides is 3. The SMILES string of the molecule is COC1(CCN)CN(c2nc3ncc(Sc4cccnc4C(F)(F)F)nc3[nH]2)C1. The number of H-pyrrole nitrogens is 1. The van der Waals surface area contributed by atoms with E-state index in [2.05, 4.69) is 24.9 Å². The van der Waals surface area contributed by atoms with Crippen LogP contribution in [0.5, 0.6) is 0 Å². The van der Waals surface area contributed by atoms with Crippen molar-refractivity contribution in [3.63, 3.8) is 0 Å². The van der Waals surface area contributed by atoms with E-state index in [1.54, 1.807) is 7.11 Å². The molecule has 1 fully saturated rings. The number of pyridine rings is 1. The maximum absolute atomic E-state index is 13.1. The van der Waals surface area contributed by atoms with Gasteiger partial charge < -0.3 is 20.4 Å². The highest BCUT2D eigenvalue weighted by molar-refractivity contribution is 7.99. The fourth-order valence-corrected chi connectivity index (χ4v) is 4.09. The Morgan fingerprint density at radius 1 is 1.31 bits per heavy atom. The first-order chi connectivity index (χ1) is 13.8. The van der Waals surface area contributed by atoms with Gasteiger partial charge in [0, 0.05) is 18.2 Å². The molecule has 0 saturated carbocycles. The molecule has 154 valence electrons. The van der Waals surface area contributed by atoms with Crippen molar-refractivity contribution in [3.05, 3.63) is 30.2 Å².